The summed E-state index contributed by atoms with van der Waals surface area (Å²) in [5.41, 5.74) is 1.94. The van der Waals surface area contributed by atoms with E-state index in [0.717, 1.165) is 17.5 Å². The van der Waals surface area contributed by atoms with Crippen LogP contribution in [0.1, 0.15) is 24.0 Å². The summed E-state index contributed by atoms with van der Waals surface area (Å²) in [4.78, 5) is 26.5. The second-order valence-electron chi connectivity index (χ2n) is 6.48. The topological polar surface area (TPSA) is 46.6 Å². The zero-order valence-corrected chi connectivity index (χ0v) is 15.6. The van der Waals surface area contributed by atoms with E-state index in [1.807, 2.05) is 42.5 Å². The van der Waals surface area contributed by atoms with Crippen LogP contribution in [-0.2, 0) is 25.8 Å². The molecule has 4 nitrogen and oxygen atoms in total. The Kier molecular flexibility index (Phi) is 4.67. The summed E-state index contributed by atoms with van der Waals surface area (Å²) >= 11 is 7.54. The number of hydrogen-bond donors (Lipinski definition) is 0. The quantitative estimate of drug-likeness (QED) is 0.744. The van der Waals surface area contributed by atoms with E-state index in [1.165, 1.54) is 0 Å². The zero-order chi connectivity index (χ0) is 18.1. The molecule has 2 saturated heterocycles. The second kappa shape index (κ2) is 6.97. The maximum atomic E-state index is 12.7. The molecule has 2 atom stereocenters. The van der Waals surface area contributed by atoms with Crippen molar-refractivity contribution in [2.24, 2.45) is 0 Å². The third-order valence-electron chi connectivity index (χ3n) is 4.92. The maximum Gasteiger partial charge on any atom is 0.330 e. The fourth-order valence-corrected chi connectivity index (χ4v) is 5.41. The van der Waals surface area contributed by atoms with Crippen LogP contribution >= 0.6 is 23.4 Å². The Morgan fingerprint density at radius 2 is 1.92 bits per heavy atom. The van der Waals surface area contributed by atoms with Gasteiger partial charge in [-0.1, -0.05) is 54.1 Å². The van der Waals surface area contributed by atoms with Gasteiger partial charge >= 0.3 is 5.97 Å². The summed E-state index contributed by atoms with van der Waals surface area (Å²) in [7, 11) is 0. The molecule has 0 bridgehead atoms. The molecule has 2 aliphatic rings. The Hall–Kier alpha value is -1.98. The molecule has 0 aromatic heterocycles. The van der Waals surface area contributed by atoms with E-state index in [4.69, 9.17) is 16.3 Å². The van der Waals surface area contributed by atoms with Crippen molar-refractivity contribution in [2.45, 2.75) is 30.4 Å². The van der Waals surface area contributed by atoms with Crippen molar-refractivity contribution >= 4 is 35.2 Å². The Morgan fingerprint density at radius 1 is 1.19 bits per heavy atom. The van der Waals surface area contributed by atoms with Gasteiger partial charge in [0.05, 0.1) is 0 Å². The predicted molar refractivity (Wildman–Crippen MR) is 102 cm³/mol. The minimum absolute atomic E-state index is 0.0206. The van der Waals surface area contributed by atoms with Gasteiger partial charge in [0.15, 0.2) is 0 Å². The van der Waals surface area contributed by atoms with Crippen molar-refractivity contribution < 1.29 is 14.3 Å². The van der Waals surface area contributed by atoms with E-state index in [9.17, 15) is 9.59 Å². The Bertz CT molecular complexity index is 827. The van der Waals surface area contributed by atoms with Gasteiger partial charge in [0, 0.05) is 17.2 Å². The van der Waals surface area contributed by atoms with Crippen molar-refractivity contribution in [3.05, 3.63) is 70.7 Å². The number of fused-ring (bicyclic) bond motifs is 1. The average molecular weight is 388 g/mol. The molecule has 1 amide bonds. The number of nitrogens with zero attached hydrogens (tertiary/aromatic N) is 1. The molecule has 0 spiro atoms. The molecule has 6 heteroatoms. The van der Waals surface area contributed by atoms with Gasteiger partial charge in [-0.15, -0.1) is 11.8 Å². The van der Waals surface area contributed by atoms with Crippen molar-refractivity contribution in [3.63, 3.8) is 0 Å². The summed E-state index contributed by atoms with van der Waals surface area (Å²) in [5, 5.41) is 0.641. The van der Waals surface area contributed by atoms with Crippen molar-refractivity contribution in [3.8, 4) is 0 Å². The van der Waals surface area contributed by atoms with E-state index in [1.54, 1.807) is 28.8 Å². The monoisotopic (exact) mass is 387 g/mol. The first kappa shape index (κ1) is 17.4. The minimum Gasteiger partial charge on any atom is -0.459 e. The molecule has 2 fully saturated rings. The number of rotatable bonds is 4. The van der Waals surface area contributed by atoms with Gasteiger partial charge in [-0.25, -0.2) is 4.79 Å². The highest BCUT2D eigenvalue weighted by atomic mass is 35.5. The predicted octanol–water partition coefficient (Wildman–Crippen LogP) is 3.97. The van der Waals surface area contributed by atoms with Gasteiger partial charge in [0.1, 0.15) is 17.5 Å². The van der Waals surface area contributed by atoms with Gasteiger partial charge in [-0.05, 0) is 29.7 Å². The van der Waals surface area contributed by atoms with Crippen LogP contribution in [0, 0.1) is 0 Å². The molecule has 0 unspecified atom stereocenters. The molecule has 134 valence electrons. The lowest BCUT2D eigenvalue weighted by Crippen LogP contribution is -2.46. The molecule has 0 aliphatic carbocycles. The van der Waals surface area contributed by atoms with E-state index < -0.39 is 10.9 Å². The van der Waals surface area contributed by atoms with Crippen LogP contribution in [0.4, 0.5) is 0 Å². The normalized spacial score (nSPS) is 24.6. The van der Waals surface area contributed by atoms with E-state index in [2.05, 4.69) is 0 Å². The van der Waals surface area contributed by atoms with Crippen LogP contribution in [0.2, 0.25) is 5.02 Å². The first-order chi connectivity index (χ1) is 12.6. The Labute approximate surface area is 161 Å². The number of ether oxygens (including phenoxy) is 1. The molecule has 0 saturated carbocycles. The third-order valence-corrected chi connectivity index (χ3v) is 6.77. The van der Waals surface area contributed by atoms with Crippen LogP contribution in [0.3, 0.4) is 0 Å². The SMILES string of the molecule is O=C(OCc1ccc(Cl)cc1)[C@H]1CS[C@@]2(c3ccccc3)CCC(=O)N12. The molecule has 26 heavy (non-hydrogen) atoms. The molecule has 0 radical (unpaired) electrons. The third kappa shape index (κ3) is 2.99. The van der Waals surface area contributed by atoms with Crippen LogP contribution in [0.5, 0.6) is 0 Å². The highest BCUT2D eigenvalue weighted by Gasteiger charge is 2.57. The van der Waals surface area contributed by atoms with Crippen molar-refractivity contribution in [1.82, 2.24) is 4.90 Å². The van der Waals surface area contributed by atoms with Crippen LogP contribution in [-0.4, -0.2) is 28.6 Å². The maximum absolute atomic E-state index is 12.7. The van der Waals surface area contributed by atoms with Gasteiger partial charge in [0.2, 0.25) is 5.91 Å². The number of benzene rings is 2. The average Bonchev–Trinajstić information content (AvgIpc) is 3.21. The second-order valence-corrected chi connectivity index (χ2v) is 8.21. The molecule has 2 aliphatic heterocycles. The van der Waals surface area contributed by atoms with E-state index >= 15 is 0 Å². The highest BCUT2D eigenvalue weighted by molar-refractivity contribution is 8.00. The van der Waals surface area contributed by atoms with Crippen LogP contribution in [0.15, 0.2) is 54.6 Å². The fourth-order valence-electron chi connectivity index (χ4n) is 3.65. The lowest BCUT2D eigenvalue weighted by atomic mass is 10.0. The van der Waals surface area contributed by atoms with Crippen molar-refractivity contribution in [1.29, 1.82) is 0 Å². The summed E-state index contributed by atoms with van der Waals surface area (Å²) < 4.78 is 5.50. The molecule has 2 aromatic rings. The lowest BCUT2D eigenvalue weighted by molar-refractivity contribution is -0.155. The molecule has 2 heterocycles. The van der Waals surface area contributed by atoms with E-state index in [0.29, 0.717) is 17.2 Å². The molecule has 2 aromatic carbocycles. The summed E-state index contributed by atoms with van der Waals surface area (Å²) in [6.45, 7) is 0.178. The van der Waals surface area contributed by atoms with Crippen LogP contribution < -0.4 is 0 Å². The summed E-state index contributed by atoms with van der Waals surface area (Å²) in [5.74, 6) is 0.230. The standard InChI is InChI=1S/C20H18ClNO3S/c21-16-8-6-14(7-9-16)12-25-19(24)17-13-26-20(11-10-18(23)22(17)20)15-4-2-1-3-5-15/h1-9,17H,10-13H2/t17-,20-/m1/s1. The Balaban J connectivity index is 1.51. The van der Waals surface area contributed by atoms with Gasteiger partial charge in [-0.2, -0.15) is 0 Å². The lowest BCUT2D eigenvalue weighted by Gasteiger charge is -2.33. The number of esters is 1. The largest absolute Gasteiger partial charge is 0.459 e. The molecule has 0 N–H and O–H groups in total. The first-order valence-electron chi connectivity index (χ1n) is 8.53. The van der Waals surface area contributed by atoms with Gasteiger partial charge in [-0.3, -0.25) is 4.79 Å². The molecule has 4 rings (SSSR count). The number of hydrogen-bond acceptors (Lipinski definition) is 4. The number of halogens is 1. The summed E-state index contributed by atoms with van der Waals surface area (Å²) in [6, 6.07) is 16.6. The smallest absolute Gasteiger partial charge is 0.330 e. The fraction of sp³-hybridized carbons (Fsp3) is 0.300. The molecular formula is C20H18ClNO3S. The zero-order valence-electron chi connectivity index (χ0n) is 14.1. The summed E-state index contributed by atoms with van der Waals surface area (Å²) in [6.07, 6.45) is 1.18. The minimum atomic E-state index is -0.539. The van der Waals surface area contributed by atoms with Gasteiger partial charge < -0.3 is 9.64 Å². The van der Waals surface area contributed by atoms with Crippen LogP contribution in [0.25, 0.3) is 0 Å². The number of carbonyl (C=O) groups excluding carboxylic acids is 2. The number of amides is 1. The van der Waals surface area contributed by atoms with Gasteiger partial charge in [0.25, 0.3) is 0 Å². The first-order valence-corrected chi connectivity index (χ1v) is 9.89. The van der Waals surface area contributed by atoms with E-state index in [-0.39, 0.29) is 18.5 Å². The Morgan fingerprint density at radius 3 is 2.65 bits per heavy atom. The van der Waals surface area contributed by atoms with Crippen molar-refractivity contribution in [2.75, 3.05) is 5.75 Å². The highest BCUT2D eigenvalue weighted by Crippen LogP contribution is 2.54. The number of thioether (sulfide) groups is 1. The number of carbonyl (C=O) groups is 2. The molecular weight excluding hydrogens is 370 g/mol.